The van der Waals surface area contributed by atoms with Crippen LogP contribution in [0.4, 0.5) is 0 Å². The molecule has 1 aliphatic rings. The summed E-state index contributed by atoms with van der Waals surface area (Å²) < 4.78 is 4.13. The van der Waals surface area contributed by atoms with Gasteiger partial charge in [0.15, 0.2) is 5.78 Å². The molecule has 0 fully saturated rings. The lowest BCUT2D eigenvalue weighted by Crippen LogP contribution is -2.10. The molecule has 0 unspecified atom stereocenters. The highest BCUT2D eigenvalue weighted by molar-refractivity contribution is 7.99. The van der Waals surface area contributed by atoms with Crippen molar-refractivity contribution in [3.8, 4) is 0 Å². The summed E-state index contributed by atoms with van der Waals surface area (Å²) in [6.45, 7) is 2.23. The summed E-state index contributed by atoms with van der Waals surface area (Å²) >= 11 is 1.40. The van der Waals surface area contributed by atoms with Gasteiger partial charge >= 0.3 is 0 Å². The van der Waals surface area contributed by atoms with Crippen LogP contribution >= 0.6 is 11.9 Å². The summed E-state index contributed by atoms with van der Waals surface area (Å²) in [5.74, 6) is 0.828. The first-order valence-corrected chi connectivity index (χ1v) is 6.51. The first kappa shape index (κ1) is 11.8. The highest BCUT2D eigenvalue weighted by Crippen LogP contribution is 2.16. The molecule has 0 radical (unpaired) electrons. The Kier molecular flexibility index (Phi) is 5.92. The summed E-state index contributed by atoms with van der Waals surface area (Å²) in [4.78, 5) is 11.2. The fourth-order valence-corrected chi connectivity index (χ4v) is 2.26. The molecule has 0 aromatic heterocycles. The SMILES string of the molecule is CCCCCCCCC1=NSCC1=O. The van der Waals surface area contributed by atoms with E-state index in [-0.39, 0.29) is 5.78 Å². The predicted molar refractivity (Wildman–Crippen MR) is 62.9 cm³/mol. The molecule has 0 aromatic rings. The van der Waals surface area contributed by atoms with Crippen molar-refractivity contribution in [1.82, 2.24) is 0 Å². The van der Waals surface area contributed by atoms with Crippen molar-refractivity contribution in [1.29, 1.82) is 0 Å². The summed E-state index contributed by atoms with van der Waals surface area (Å²) in [7, 11) is 0. The Balaban J connectivity index is 1.96. The second-order valence-corrected chi connectivity index (χ2v) is 4.48. The smallest absolute Gasteiger partial charge is 0.189 e. The number of rotatable bonds is 7. The number of ketones is 1. The molecule has 1 aliphatic heterocycles. The maximum atomic E-state index is 11.2. The Morgan fingerprint density at radius 2 is 1.93 bits per heavy atom. The van der Waals surface area contributed by atoms with Crippen LogP contribution in [0.3, 0.4) is 0 Å². The van der Waals surface area contributed by atoms with Crippen LogP contribution in [-0.2, 0) is 4.79 Å². The van der Waals surface area contributed by atoms with Crippen LogP contribution < -0.4 is 0 Å². The molecule has 1 rings (SSSR count). The van der Waals surface area contributed by atoms with Gasteiger partial charge in [-0.2, -0.15) is 0 Å². The quantitative estimate of drug-likeness (QED) is 0.479. The molecule has 3 heteroatoms. The van der Waals surface area contributed by atoms with Gasteiger partial charge in [0, 0.05) is 0 Å². The molecule has 2 nitrogen and oxygen atoms in total. The van der Waals surface area contributed by atoms with E-state index in [4.69, 9.17) is 0 Å². The lowest BCUT2D eigenvalue weighted by Gasteiger charge is -1.99. The fraction of sp³-hybridized carbons (Fsp3) is 0.818. The minimum atomic E-state index is 0.253. The van der Waals surface area contributed by atoms with Crippen molar-refractivity contribution in [2.75, 3.05) is 5.75 Å². The van der Waals surface area contributed by atoms with Gasteiger partial charge in [0.2, 0.25) is 0 Å². The van der Waals surface area contributed by atoms with Crippen molar-refractivity contribution in [3.05, 3.63) is 0 Å². The van der Waals surface area contributed by atoms with Gasteiger partial charge < -0.3 is 0 Å². The predicted octanol–water partition coefficient (Wildman–Crippen LogP) is 3.41. The van der Waals surface area contributed by atoms with Gasteiger partial charge in [-0.1, -0.05) is 39.0 Å². The summed E-state index contributed by atoms with van der Waals surface area (Å²) in [5, 5.41) is 0. The summed E-state index contributed by atoms with van der Waals surface area (Å²) in [6, 6.07) is 0. The third-order valence-electron chi connectivity index (χ3n) is 2.46. The van der Waals surface area contributed by atoms with Crippen molar-refractivity contribution in [2.45, 2.75) is 51.9 Å². The van der Waals surface area contributed by atoms with E-state index in [1.54, 1.807) is 0 Å². The highest BCUT2D eigenvalue weighted by Gasteiger charge is 2.16. The van der Waals surface area contributed by atoms with E-state index < -0.39 is 0 Å². The van der Waals surface area contributed by atoms with E-state index in [2.05, 4.69) is 11.3 Å². The Hall–Kier alpha value is -0.310. The van der Waals surface area contributed by atoms with Crippen LogP contribution in [0.15, 0.2) is 4.40 Å². The standard InChI is InChI=1S/C11H19NOS/c1-2-3-4-5-6-7-8-10-11(13)9-14-12-10/h2-9H2,1H3. The molecule has 0 saturated carbocycles. The van der Waals surface area contributed by atoms with Gasteiger partial charge in [-0.3, -0.25) is 4.79 Å². The average molecular weight is 213 g/mol. The van der Waals surface area contributed by atoms with Gasteiger partial charge in [-0.15, -0.1) is 0 Å². The molecule has 0 amide bonds. The van der Waals surface area contributed by atoms with E-state index in [1.165, 1.54) is 44.1 Å². The molecule has 80 valence electrons. The molecule has 0 aliphatic carbocycles. The zero-order valence-corrected chi connectivity index (χ0v) is 9.74. The third kappa shape index (κ3) is 4.27. The Bertz CT molecular complexity index is 213. The molecule has 14 heavy (non-hydrogen) atoms. The maximum Gasteiger partial charge on any atom is 0.189 e. The van der Waals surface area contributed by atoms with Gasteiger partial charge in [0.25, 0.3) is 0 Å². The third-order valence-corrected chi connectivity index (χ3v) is 3.20. The van der Waals surface area contributed by atoms with E-state index in [1.807, 2.05) is 0 Å². The Morgan fingerprint density at radius 3 is 2.57 bits per heavy atom. The minimum absolute atomic E-state index is 0.253. The minimum Gasteiger partial charge on any atom is -0.292 e. The van der Waals surface area contributed by atoms with Crippen LogP contribution in [0.2, 0.25) is 0 Å². The Labute approximate surface area is 90.7 Å². The van der Waals surface area contributed by atoms with Gasteiger partial charge in [0.05, 0.1) is 11.5 Å². The van der Waals surface area contributed by atoms with Crippen LogP contribution in [0, 0.1) is 0 Å². The topological polar surface area (TPSA) is 29.4 Å². The van der Waals surface area contributed by atoms with Crippen LogP contribution in [0.25, 0.3) is 0 Å². The molecular weight excluding hydrogens is 194 g/mol. The molecular formula is C11H19NOS. The molecule has 1 heterocycles. The van der Waals surface area contributed by atoms with Gasteiger partial charge in [-0.25, -0.2) is 4.40 Å². The summed E-state index contributed by atoms with van der Waals surface area (Å²) in [5.41, 5.74) is 0.825. The monoisotopic (exact) mass is 213 g/mol. The largest absolute Gasteiger partial charge is 0.292 e. The van der Waals surface area contributed by atoms with E-state index in [9.17, 15) is 4.79 Å². The molecule has 0 N–H and O–H groups in total. The second-order valence-electron chi connectivity index (χ2n) is 3.75. The number of unbranched alkanes of at least 4 members (excludes halogenated alkanes) is 5. The highest BCUT2D eigenvalue weighted by atomic mass is 32.2. The second kappa shape index (κ2) is 7.04. The zero-order chi connectivity index (χ0) is 10.2. The molecule has 0 bridgehead atoms. The van der Waals surface area contributed by atoms with Crippen molar-refractivity contribution in [3.63, 3.8) is 0 Å². The normalized spacial score (nSPS) is 16.1. The maximum absolute atomic E-state index is 11.2. The number of nitrogens with zero attached hydrogens (tertiary/aromatic N) is 1. The van der Waals surface area contributed by atoms with Crippen molar-refractivity contribution in [2.24, 2.45) is 4.40 Å². The van der Waals surface area contributed by atoms with E-state index >= 15 is 0 Å². The number of carbonyl (C=O) groups excluding carboxylic acids is 1. The zero-order valence-electron chi connectivity index (χ0n) is 8.92. The van der Waals surface area contributed by atoms with Crippen LogP contribution in [0.5, 0.6) is 0 Å². The molecule has 0 saturated heterocycles. The van der Waals surface area contributed by atoms with E-state index in [0.29, 0.717) is 5.75 Å². The Morgan fingerprint density at radius 1 is 1.21 bits per heavy atom. The average Bonchev–Trinajstić information content (AvgIpc) is 2.58. The van der Waals surface area contributed by atoms with Crippen molar-refractivity contribution < 1.29 is 4.79 Å². The number of Topliss-reactive ketones (excluding diaryl/α,β-unsaturated/α-hetero) is 1. The van der Waals surface area contributed by atoms with Crippen LogP contribution in [0.1, 0.15) is 51.9 Å². The van der Waals surface area contributed by atoms with Gasteiger partial charge in [0.1, 0.15) is 0 Å². The first-order valence-electron chi connectivity index (χ1n) is 5.56. The lowest BCUT2D eigenvalue weighted by atomic mass is 10.1. The molecule has 0 atom stereocenters. The fourth-order valence-electron chi connectivity index (χ4n) is 1.56. The molecule has 0 aromatic carbocycles. The number of hydrogen-bond acceptors (Lipinski definition) is 3. The number of hydrogen-bond donors (Lipinski definition) is 0. The van der Waals surface area contributed by atoms with Crippen molar-refractivity contribution >= 4 is 23.4 Å². The van der Waals surface area contributed by atoms with Gasteiger partial charge in [-0.05, 0) is 24.8 Å². The first-order chi connectivity index (χ1) is 6.84. The van der Waals surface area contributed by atoms with E-state index in [0.717, 1.165) is 18.6 Å². The molecule has 0 spiro atoms. The lowest BCUT2D eigenvalue weighted by molar-refractivity contribution is -0.110. The number of carbonyl (C=O) groups is 1. The summed E-state index contributed by atoms with van der Waals surface area (Å²) in [6.07, 6.45) is 8.56. The van der Waals surface area contributed by atoms with Crippen LogP contribution in [-0.4, -0.2) is 17.2 Å².